The first-order valence-corrected chi connectivity index (χ1v) is 16.5. The average molecular weight is 617 g/mol. The van der Waals surface area contributed by atoms with Crippen LogP contribution in [0.25, 0.3) is 11.1 Å². The van der Waals surface area contributed by atoms with Crippen LogP contribution in [-0.2, 0) is 0 Å². The summed E-state index contributed by atoms with van der Waals surface area (Å²) in [5.74, 6) is 0.489. The molecule has 244 valence electrons. The van der Waals surface area contributed by atoms with Crippen molar-refractivity contribution in [3.63, 3.8) is 0 Å². The summed E-state index contributed by atoms with van der Waals surface area (Å²) in [7, 11) is 0. The molecule has 0 aliphatic heterocycles. The number of hydrogen-bond acceptors (Lipinski definition) is 0. The maximum atomic E-state index is 13.9. The lowest BCUT2D eigenvalue weighted by Gasteiger charge is -2.18. The molecule has 0 aromatic heterocycles. The summed E-state index contributed by atoms with van der Waals surface area (Å²) in [5.41, 5.74) is 8.47. The van der Waals surface area contributed by atoms with Crippen molar-refractivity contribution in [2.24, 2.45) is 0 Å². The van der Waals surface area contributed by atoms with E-state index in [1.165, 1.54) is 22.3 Å². The van der Waals surface area contributed by atoms with Crippen molar-refractivity contribution in [1.29, 1.82) is 0 Å². The molecule has 4 aromatic rings. The van der Waals surface area contributed by atoms with Gasteiger partial charge < -0.3 is 0 Å². The van der Waals surface area contributed by atoms with Gasteiger partial charge in [0.05, 0.1) is 5.56 Å². The second-order valence-electron chi connectivity index (χ2n) is 13.8. The summed E-state index contributed by atoms with van der Waals surface area (Å²) in [6.45, 7) is 26.3. The molecule has 0 bridgehead atoms. The van der Waals surface area contributed by atoms with E-state index in [4.69, 9.17) is 0 Å². The highest BCUT2D eigenvalue weighted by Gasteiger charge is 2.17. The third-order valence-electron chi connectivity index (χ3n) is 8.11. The van der Waals surface area contributed by atoms with Gasteiger partial charge in [-0.15, -0.1) is 0 Å². The molecule has 0 fully saturated rings. The molecule has 4 rings (SSSR count). The molecule has 0 nitrogen and oxygen atoms in total. The normalized spacial score (nSPS) is 11.3. The Kier molecular flexibility index (Phi) is 14.6. The zero-order chi connectivity index (χ0) is 34.0. The zero-order valence-electron chi connectivity index (χ0n) is 29.6. The zero-order valence-corrected chi connectivity index (χ0v) is 29.6. The smallest absolute Gasteiger partial charge is 0.136 e. The first-order chi connectivity index (χ1) is 21.1. The van der Waals surface area contributed by atoms with Crippen LogP contribution < -0.4 is 0 Å². The standard InChI is InChI=1S/C18H19F3.2C12H18/c1-10(2)14-6-5-12(7-15(14)11(3)4)18-16(20)8-13(19)9-17(18)21;2*1-9(2)11-7-5-6-8-12(11)10(3)4/h5-11H,1-4H3;2*5-10H,1-4H3. The van der Waals surface area contributed by atoms with Crippen LogP contribution in [0.5, 0.6) is 0 Å². The maximum absolute atomic E-state index is 13.9. The van der Waals surface area contributed by atoms with Crippen LogP contribution in [0.1, 0.15) is 152 Å². The van der Waals surface area contributed by atoms with Crippen LogP contribution in [0.4, 0.5) is 13.2 Å². The van der Waals surface area contributed by atoms with Gasteiger partial charge in [-0.2, -0.15) is 0 Å². The Morgan fingerprint density at radius 2 is 0.644 bits per heavy atom. The molecule has 45 heavy (non-hydrogen) atoms. The van der Waals surface area contributed by atoms with Crippen LogP contribution in [0, 0.1) is 17.5 Å². The number of hydrogen-bond donors (Lipinski definition) is 0. The monoisotopic (exact) mass is 616 g/mol. The average Bonchev–Trinajstić information content (AvgIpc) is 2.97. The van der Waals surface area contributed by atoms with Gasteiger partial charge in [0.2, 0.25) is 0 Å². The lowest BCUT2D eigenvalue weighted by atomic mass is 9.88. The molecular formula is C42H55F3. The van der Waals surface area contributed by atoms with E-state index in [0.29, 0.717) is 47.3 Å². The fraction of sp³-hybridized carbons (Fsp3) is 0.429. The summed E-state index contributed by atoms with van der Waals surface area (Å²) in [6, 6.07) is 24.3. The van der Waals surface area contributed by atoms with Gasteiger partial charge in [0, 0.05) is 12.1 Å². The van der Waals surface area contributed by atoms with Gasteiger partial charge in [0.25, 0.3) is 0 Å². The van der Waals surface area contributed by atoms with E-state index in [1.807, 2.05) is 19.9 Å². The van der Waals surface area contributed by atoms with Gasteiger partial charge in [0.15, 0.2) is 0 Å². The van der Waals surface area contributed by atoms with Crippen molar-refractivity contribution >= 4 is 0 Å². The Balaban J connectivity index is 0.000000252. The lowest BCUT2D eigenvalue weighted by Crippen LogP contribution is -2.00. The van der Waals surface area contributed by atoms with Crippen molar-refractivity contribution < 1.29 is 13.2 Å². The Bertz CT molecular complexity index is 1360. The SMILES string of the molecule is CC(C)c1ccc(-c2c(F)cc(F)cc2F)cc1C(C)C.CC(C)c1ccccc1C(C)C.CC(C)c1ccccc1C(C)C. The predicted octanol–water partition coefficient (Wildman–Crippen LogP) is 13.9. The summed E-state index contributed by atoms with van der Waals surface area (Å²) in [6.07, 6.45) is 0. The first-order valence-electron chi connectivity index (χ1n) is 16.5. The topological polar surface area (TPSA) is 0 Å². The highest BCUT2D eigenvalue weighted by molar-refractivity contribution is 5.67. The van der Waals surface area contributed by atoms with E-state index in [1.54, 1.807) is 12.1 Å². The molecule has 0 N–H and O–H groups in total. The fourth-order valence-electron chi connectivity index (χ4n) is 5.70. The minimum Gasteiger partial charge on any atom is -0.207 e. The molecule has 0 aliphatic rings. The van der Waals surface area contributed by atoms with E-state index >= 15 is 0 Å². The summed E-state index contributed by atoms with van der Waals surface area (Å²) in [4.78, 5) is 0. The van der Waals surface area contributed by atoms with Crippen LogP contribution >= 0.6 is 0 Å². The molecule has 0 saturated carbocycles. The Hall–Kier alpha value is -3.33. The molecule has 3 heteroatoms. The number of rotatable bonds is 7. The van der Waals surface area contributed by atoms with E-state index < -0.39 is 17.5 Å². The van der Waals surface area contributed by atoms with Crippen LogP contribution in [-0.4, -0.2) is 0 Å². The predicted molar refractivity (Wildman–Crippen MR) is 189 cm³/mol. The molecule has 4 aromatic carbocycles. The van der Waals surface area contributed by atoms with Gasteiger partial charge in [-0.05, 0) is 74.5 Å². The third kappa shape index (κ3) is 10.6. The van der Waals surface area contributed by atoms with Crippen molar-refractivity contribution in [1.82, 2.24) is 0 Å². The lowest BCUT2D eigenvalue weighted by molar-refractivity contribution is 0.548. The van der Waals surface area contributed by atoms with E-state index in [9.17, 15) is 13.2 Å². The first kappa shape index (κ1) is 37.9. The van der Waals surface area contributed by atoms with Crippen molar-refractivity contribution in [2.75, 3.05) is 0 Å². The Morgan fingerprint density at radius 3 is 0.933 bits per heavy atom. The molecule has 0 saturated heterocycles. The highest BCUT2D eigenvalue weighted by Crippen LogP contribution is 2.33. The summed E-state index contributed by atoms with van der Waals surface area (Å²) < 4.78 is 40.8. The van der Waals surface area contributed by atoms with E-state index in [-0.39, 0.29) is 11.5 Å². The quantitative estimate of drug-likeness (QED) is 0.194. The Labute approximate surface area is 272 Å². The van der Waals surface area contributed by atoms with Crippen LogP contribution in [0.3, 0.4) is 0 Å². The van der Waals surface area contributed by atoms with Crippen LogP contribution in [0.15, 0.2) is 78.9 Å². The van der Waals surface area contributed by atoms with Gasteiger partial charge in [-0.1, -0.05) is 150 Å². The molecule has 0 amide bonds. The van der Waals surface area contributed by atoms with E-state index in [2.05, 4.69) is 118 Å². The van der Waals surface area contributed by atoms with Crippen molar-refractivity contribution in [3.05, 3.63) is 130 Å². The molecule has 0 aliphatic carbocycles. The molecule has 0 unspecified atom stereocenters. The van der Waals surface area contributed by atoms with Crippen LogP contribution in [0.2, 0.25) is 0 Å². The minimum absolute atomic E-state index is 0.173. The van der Waals surface area contributed by atoms with E-state index in [0.717, 1.165) is 11.1 Å². The van der Waals surface area contributed by atoms with Crippen molar-refractivity contribution in [3.8, 4) is 11.1 Å². The molecule has 0 atom stereocenters. The molecule has 0 heterocycles. The third-order valence-corrected chi connectivity index (χ3v) is 8.11. The highest BCUT2D eigenvalue weighted by atomic mass is 19.1. The van der Waals surface area contributed by atoms with Crippen molar-refractivity contribution in [2.45, 2.75) is 119 Å². The summed E-state index contributed by atoms with van der Waals surface area (Å²) in [5, 5.41) is 0. The molecule has 0 spiro atoms. The van der Waals surface area contributed by atoms with Gasteiger partial charge in [-0.25, -0.2) is 13.2 Å². The summed E-state index contributed by atoms with van der Waals surface area (Å²) >= 11 is 0. The minimum atomic E-state index is -0.906. The molecular weight excluding hydrogens is 561 g/mol. The second kappa shape index (κ2) is 17.4. The van der Waals surface area contributed by atoms with Gasteiger partial charge in [-0.3, -0.25) is 0 Å². The number of benzene rings is 4. The molecule has 0 radical (unpaired) electrons. The Morgan fingerprint density at radius 1 is 0.356 bits per heavy atom. The van der Waals surface area contributed by atoms with Gasteiger partial charge >= 0.3 is 0 Å². The fourth-order valence-corrected chi connectivity index (χ4v) is 5.70. The largest absolute Gasteiger partial charge is 0.207 e. The second-order valence-corrected chi connectivity index (χ2v) is 13.8. The maximum Gasteiger partial charge on any atom is 0.136 e. The number of halogens is 3. The van der Waals surface area contributed by atoms with Gasteiger partial charge in [0.1, 0.15) is 17.5 Å².